The molecule has 0 bridgehead atoms. The molecule has 3 rings (SSSR count). The molecule has 0 amide bonds. The fourth-order valence-corrected chi connectivity index (χ4v) is 2.55. The van der Waals surface area contributed by atoms with Crippen LogP contribution in [0.15, 0.2) is 34.9 Å². The van der Waals surface area contributed by atoms with Crippen LogP contribution in [-0.2, 0) is 0 Å². The van der Waals surface area contributed by atoms with Crippen LogP contribution >= 0.6 is 11.6 Å². The minimum absolute atomic E-state index is 0.382. The van der Waals surface area contributed by atoms with Gasteiger partial charge in [-0.1, -0.05) is 30.3 Å². The van der Waals surface area contributed by atoms with Crippen molar-refractivity contribution < 1.29 is 4.52 Å². The summed E-state index contributed by atoms with van der Waals surface area (Å²) >= 11 is 6.37. The number of nitrogens with zero attached hydrogens (tertiary/aromatic N) is 3. The van der Waals surface area contributed by atoms with Gasteiger partial charge in [-0.2, -0.15) is 4.98 Å². The van der Waals surface area contributed by atoms with Gasteiger partial charge in [-0.3, -0.25) is 0 Å². The third-order valence-corrected chi connectivity index (χ3v) is 3.82. The van der Waals surface area contributed by atoms with E-state index in [1.807, 2.05) is 30.3 Å². The van der Waals surface area contributed by atoms with E-state index in [1.54, 1.807) is 0 Å². The highest BCUT2D eigenvalue weighted by Crippen LogP contribution is 2.28. The van der Waals surface area contributed by atoms with Gasteiger partial charge in [0.25, 0.3) is 11.8 Å². The summed E-state index contributed by atoms with van der Waals surface area (Å²) < 4.78 is 5.30. The zero-order valence-corrected chi connectivity index (χ0v) is 11.4. The number of halogens is 1. The fraction of sp³-hybridized carbons (Fsp3) is 0.429. The Labute approximate surface area is 117 Å². The first-order valence-electron chi connectivity index (χ1n) is 6.62. The molecule has 2 heterocycles. The van der Waals surface area contributed by atoms with Crippen molar-refractivity contribution in [2.75, 3.05) is 18.0 Å². The molecule has 0 N–H and O–H groups in total. The van der Waals surface area contributed by atoms with E-state index in [4.69, 9.17) is 16.1 Å². The molecule has 1 atom stereocenters. The highest BCUT2D eigenvalue weighted by Gasteiger charge is 2.21. The molecule has 1 aliphatic rings. The van der Waals surface area contributed by atoms with Crippen LogP contribution < -0.4 is 4.90 Å². The smallest absolute Gasteiger partial charge is 0.266 e. The van der Waals surface area contributed by atoms with Gasteiger partial charge in [-0.05, 0) is 30.0 Å². The third kappa shape index (κ3) is 2.73. The third-order valence-electron chi connectivity index (χ3n) is 3.38. The van der Waals surface area contributed by atoms with Crippen molar-refractivity contribution in [3.05, 3.63) is 41.8 Å². The zero-order chi connectivity index (χ0) is 13.1. The van der Waals surface area contributed by atoms with Crippen LogP contribution in [-0.4, -0.2) is 23.2 Å². The van der Waals surface area contributed by atoms with Gasteiger partial charge in [0, 0.05) is 13.1 Å². The predicted octanol–water partition coefficient (Wildman–Crippen LogP) is 3.39. The first kappa shape index (κ1) is 12.5. The lowest BCUT2D eigenvalue weighted by atomic mass is 10.1. The molecule has 1 fully saturated rings. The van der Waals surface area contributed by atoms with Gasteiger partial charge < -0.3 is 9.42 Å². The lowest BCUT2D eigenvalue weighted by Crippen LogP contribution is -2.30. The minimum atomic E-state index is -0.382. The van der Waals surface area contributed by atoms with E-state index in [0.29, 0.717) is 11.8 Å². The van der Waals surface area contributed by atoms with E-state index in [1.165, 1.54) is 19.3 Å². The topological polar surface area (TPSA) is 42.2 Å². The average molecular weight is 278 g/mol. The number of benzene rings is 1. The summed E-state index contributed by atoms with van der Waals surface area (Å²) in [4.78, 5) is 6.58. The molecule has 2 aromatic rings. The fourth-order valence-electron chi connectivity index (χ4n) is 2.32. The van der Waals surface area contributed by atoms with Gasteiger partial charge in [-0.15, -0.1) is 11.6 Å². The molecule has 100 valence electrons. The number of alkyl halides is 1. The molecule has 5 heteroatoms. The number of piperidine rings is 1. The largest absolute Gasteiger partial charge is 0.338 e. The first-order valence-corrected chi connectivity index (χ1v) is 7.06. The van der Waals surface area contributed by atoms with Crippen molar-refractivity contribution in [1.29, 1.82) is 0 Å². The SMILES string of the molecule is ClC(c1ccccc1)c1nc(N2CCCCC2)no1. The zero-order valence-electron chi connectivity index (χ0n) is 10.6. The van der Waals surface area contributed by atoms with Gasteiger partial charge in [0.2, 0.25) is 0 Å². The Kier molecular flexibility index (Phi) is 3.69. The van der Waals surface area contributed by atoms with E-state index in [2.05, 4.69) is 15.0 Å². The van der Waals surface area contributed by atoms with Crippen LogP contribution in [0.25, 0.3) is 0 Å². The molecule has 0 radical (unpaired) electrons. The van der Waals surface area contributed by atoms with Gasteiger partial charge in [0.15, 0.2) is 0 Å². The quantitative estimate of drug-likeness (QED) is 0.807. The van der Waals surface area contributed by atoms with Crippen molar-refractivity contribution in [2.24, 2.45) is 0 Å². The van der Waals surface area contributed by atoms with Crippen molar-refractivity contribution in [3.63, 3.8) is 0 Å². The molecule has 1 aromatic carbocycles. The molecule has 1 aliphatic heterocycles. The Balaban J connectivity index is 1.77. The van der Waals surface area contributed by atoms with Crippen LogP contribution in [0.2, 0.25) is 0 Å². The lowest BCUT2D eigenvalue weighted by molar-refractivity contribution is 0.380. The van der Waals surface area contributed by atoms with Gasteiger partial charge in [0.05, 0.1) is 0 Å². The Bertz CT molecular complexity index is 522. The van der Waals surface area contributed by atoms with E-state index < -0.39 is 0 Å². The van der Waals surface area contributed by atoms with Crippen LogP contribution in [0.1, 0.15) is 36.1 Å². The van der Waals surface area contributed by atoms with Crippen molar-refractivity contribution in [3.8, 4) is 0 Å². The minimum Gasteiger partial charge on any atom is -0.338 e. The summed E-state index contributed by atoms with van der Waals surface area (Å²) in [5.74, 6) is 1.13. The Morgan fingerprint density at radius 2 is 1.84 bits per heavy atom. The molecule has 1 unspecified atom stereocenters. The Morgan fingerprint density at radius 3 is 2.58 bits per heavy atom. The number of anilines is 1. The van der Waals surface area contributed by atoms with Crippen molar-refractivity contribution >= 4 is 17.5 Å². The highest BCUT2D eigenvalue weighted by atomic mass is 35.5. The monoisotopic (exact) mass is 277 g/mol. The van der Waals surface area contributed by atoms with Gasteiger partial charge >= 0.3 is 0 Å². The van der Waals surface area contributed by atoms with Gasteiger partial charge in [0.1, 0.15) is 5.38 Å². The molecule has 4 nitrogen and oxygen atoms in total. The molecule has 19 heavy (non-hydrogen) atoms. The summed E-state index contributed by atoms with van der Waals surface area (Å²) in [6, 6.07) is 9.78. The second kappa shape index (κ2) is 5.61. The second-order valence-corrected chi connectivity index (χ2v) is 5.19. The van der Waals surface area contributed by atoms with E-state index in [-0.39, 0.29) is 5.38 Å². The lowest BCUT2D eigenvalue weighted by Gasteiger charge is -2.24. The molecule has 0 spiro atoms. The second-order valence-electron chi connectivity index (χ2n) is 4.75. The van der Waals surface area contributed by atoms with Crippen LogP contribution in [0.5, 0.6) is 0 Å². The van der Waals surface area contributed by atoms with Crippen LogP contribution in [0.3, 0.4) is 0 Å². The van der Waals surface area contributed by atoms with Crippen molar-refractivity contribution in [2.45, 2.75) is 24.6 Å². The summed E-state index contributed by atoms with van der Waals surface area (Å²) in [6.45, 7) is 1.99. The maximum absolute atomic E-state index is 6.37. The highest BCUT2D eigenvalue weighted by molar-refractivity contribution is 6.22. The van der Waals surface area contributed by atoms with Gasteiger partial charge in [-0.25, -0.2) is 0 Å². The molecular formula is C14H16ClN3O. The summed E-state index contributed by atoms with van der Waals surface area (Å²) in [5.41, 5.74) is 0.970. The molecule has 1 saturated heterocycles. The average Bonchev–Trinajstić information content (AvgIpc) is 2.98. The standard InChI is InChI=1S/C14H16ClN3O/c15-12(11-7-3-1-4-8-11)13-16-14(17-19-13)18-9-5-2-6-10-18/h1,3-4,7-8,12H,2,5-6,9-10H2. The number of aromatic nitrogens is 2. The van der Waals surface area contributed by atoms with E-state index in [0.717, 1.165) is 18.7 Å². The Morgan fingerprint density at radius 1 is 1.11 bits per heavy atom. The molecular weight excluding hydrogens is 262 g/mol. The van der Waals surface area contributed by atoms with Crippen LogP contribution in [0, 0.1) is 0 Å². The van der Waals surface area contributed by atoms with Crippen molar-refractivity contribution in [1.82, 2.24) is 10.1 Å². The number of rotatable bonds is 3. The summed E-state index contributed by atoms with van der Waals surface area (Å²) in [5, 5.41) is 3.66. The molecule has 1 aromatic heterocycles. The summed E-state index contributed by atoms with van der Waals surface area (Å²) in [6.07, 6.45) is 3.66. The Hall–Kier alpha value is -1.55. The normalized spacial score (nSPS) is 17.4. The molecule has 0 aliphatic carbocycles. The van der Waals surface area contributed by atoms with E-state index >= 15 is 0 Å². The number of hydrogen-bond donors (Lipinski definition) is 0. The molecule has 0 saturated carbocycles. The summed E-state index contributed by atoms with van der Waals surface area (Å²) in [7, 11) is 0. The van der Waals surface area contributed by atoms with Crippen LogP contribution in [0.4, 0.5) is 5.95 Å². The number of hydrogen-bond acceptors (Lipinski definition) is 4. The maximum Gasteiger partial charge on any atom is 0.266 e. The maximum atomic E-state index is 6.37. The van der Waals surface area contributed by atoms with E-state index in [9.17, 15) is 0 Å². The first-order chi connectivity index (χ1) is 9.34. The predicted molar refractivity (Wildman–Crippen MR) is 74.5 cm³/mol.